The van der Waals surface area contributed by atoms with E-state index in [0.717, 1.165) is 12.8 Å². The molecule has 1 N–H and O–H groups in total. The number of benzene rings is 2. The summed E-state index contributed by atoms with van der Waals surface area (Å²) in [6, 6.07) is 8.25. The zero-order chi connectivity index (χ0) is 27.6. The molecule has 3 fully saturated rings. The Morgan fingerprint density at radius 2 is 1.80 bits per heavy atom. The van der Waals surface area contributed by atoms with Gasteiger partial charge in [-0.2, -0.15) is 4.98 Å². The molecular weight excluding hydrogens is 512 g/mol. The van der Waals surface area contributed by atoms with Gasteiger partial charge >= 0.3 is 0 Å². The first-order valence-electron chi connectivity index (χ1n) is 13.7. The largest absolute Gasteiger partial charge is 0.390 e. The van der Waals surface area contributed by atoms with E-state index in [2.05, 4.69) is 15.8 Å². The molecule has 2 bridgehead atoms. The lowest BCUT2D eigenvalue weighted by Crippen LogP contribution is -2.44. The first kappa shape index (κ1) is 25.1. The summed E-state index contributed by atoms with van der Waals surface area (Å²) in [5.74, 6) is 2.33. The van der Waals surface area contributed by atoms with Crippen molar-refractivity contribution in [2.24, 2.45) is 0 Å². The first-order chi connectivity index (χ1) is 19.3. The van der Waals surface area contributed by atoms with Crippen molar-refractivity contribution >= 4 is 33.4 Å². The zero-order valence-corrected chi connectivity index (χ0v) is 22.2. The number of aromatic nitrogens is 3. The van der Waals surface area contributed by atoms with Crippen molar-refractivity contribution in [3.8, 4) is 23.6 Å². The van der Waals surface area contributed by atoms with Crippen LogP contribution in [0.2, 0.25) is 0 Å². The van der Waals surface area contributed by atoms with E-state index in [1.165, 1.54) is 6.07 Å². The van der Waals surface area contributed by atoms with Crippen LogP contribution in [0.3, 0.4) is 0 Å². The van der Waals surface area contributed by atoms with E-state index in [4.69, 9.17) is 21.1 Å². The Kier molecular flexibility index (Phi) is 5.88. The summed E-state index contributed by atoms with van der Waals surface area (Å²) < 4.78 is 37.3. The molecule has 2 aromatic carbocycles. The van der Waals surface area contributed by atoms with Crippen molar-refractivity contribution in [1.82, 2.24) is 15.0 Å². The van der Waals surface area contributed by atoms with Crippen LogP contribution in [0.4, 0.5) is 20.5 Å². The van der Waals surface area contributed by atoms with E-state index >= 15 is 4.39 Å². The van der Waals surface area contributed by atoms with Crippen LogP contribution in [0, 0.1) is 24.0 Å². The number of terminal acetylenes is 1. The molecule has 3 aliphatic rings. The van der Waals surface area contributed by atoms with Crippen LogP contribution < -0.4 is 9.80 Å². The fourth-order valence-corrected chi connectivity index (χ4v) is 6.27. The monoisotopic (exact) mass is 541 g/mol. The van der Waals surface area contributed by atoms with Gasteiger partial charge in [-0.05, 0) is 44.1 Å². The second-order valence-corrected chi connectivity index (χ2v) is 11.3. The number of pyridine rings is 1. The average molecular weight is 542 g/mol. The second kappa shape index (κ2) is 9.36. The van der Waals surface area contributed by atoms with Crippen molar-refractivity contribution in [2.75, 3.05) is 36.0 Å². The minimum absolute atomic E-state index is 0.0550. The van der Waals surface area contributed by atoms with E-state index in [0.29, 0.717) is 72.5 Å². The van der Waals surface area contributed by atoms with Crippen LogP contribution in [0.5, 0.6) is 0 Å². The topological polar surface area (TPSA) is 74.6 Å². The van der Waals surface area contributed by atoms with Gasteiger partial charge in [0.2, 0.25) is 5.95 Å². The van der Waals surface area contributed by atoms with Crippen LogP contribution in [0.25, 0.3) is 32.9 Å². The van der Waals surface area contributed by atoms with Gasteiger partial charge in [-0.15, -0.1) is 6.42 Å². The number of morpholine rings is 1. The smallest absolute Gasteiger partial charge is 0.228 e. The summed E-state index contributed by atoms with van der Waals surface area (Å²) in [6.45, 7) is 4.26. The van der Waals surface area contributed by atoms with E-state index in [9.17, 15) is 9.50 Å². The average Bonchev–Trinajstić information content (AvgIpc) is 3.29. The number of piperidine rings is 1. The molecule has 4 aromatic rings. The molecule has 3 aliphatic heterocycles. The summed E-state index contributed by atoms with van der Waals surface area (Å²) >= 11 is 0. The molecule has 0 radical (unpaired) electrons. The third-order valence-electron chi connectivity index (χ3n) is 8.51. The number of hydrogen-bond acceptors (Lipinski definition) is 7. The second-order valence-electron chi connectivity index (χ2n) is 11.3. The molecular formula is C31H29F2N5O2. The highest BCUT2D eigenvalue weighted by Crippen LogP contribution is 2.38. The van der Waals surface area contributed by atoms with Crippen molar-refractivity contribution < 1.29 is 18.6 Å². The van der Waals surface area contributed by atoms with Gasteiger partial charge in [0.25, 0.3) is 0 Å². The quantitative estimate of drug-likeness (QED) is 0.373. The van der Waals surface area contributed by atoms with Gasteiger partial charge in [0, 0.05) is 43.3 Å². The standard InChI is InChI=1S/C31H29F2N5O2/c1-3-21-24(32)10-7-18-5-4-6-22(25(18)21)27-26(33)28-23(15-34-27)29(38-16-19-8-9-20(17-38)40-19)36-30(35-28)37-13-11-31(2,39)12-14-37/h1,4-7,10,15,19-20,39H,8-9,11-14,16-17H2,2H3/t19-,20+. The Balaban J connectivity index is 1.42. The van der Waals surface area contributed by atoms with Crippen molar-refractivity contribution in [3.05, 3.63) is 53.7 Å². The number of nitrogens with zero attached hydrogens (tertiary/aromatic N) is 5. The van der Waals surface area contributed by atoms with E-state index in [-0.39, 0.29) is 29.0 Å². The number of hydrogen-bond donors (Lipinski definition) is 1. The first-order valence-corrected chi connectivity index (χ1v) is 13.7. The van der Waals surface area contributed by atoms with E-state index in [1.54, 1.807) is 24.4 Å². The summed E-state index contributed by atoms with van der Waals surface area (Å²) in [4.78, 5) is 18.4. The zero-order valence-electron chi connectivity index (χ0n) is 22.2. The fourth-order valence-electron chi connectivity index (χ4n) is 6.27. The lowest BCUT2D eigenvalue weighted by atomic mass is 9.94. The minimum atomic E-state index is -0.750. The lowest BCUT2D eigenvalue weighted by molar-refractivity contribution is 0.0302. The number of rotatable bonds is 3. The number of halogens is 2. The maximum Gasteiger partial charge on any atom is 0.228 e. The molecule has 40 heavy (non-hydrogen) atoms. The number of anilines is 2. The maximum atomic E-state index is 16.6. The molecule has 9 heteroatoms. The highest BCUT2D eigenvalue weighted by Gasteiger charge is 2.36. The Morgan fingerprint density at radius 1 is 1.05 bits per heavy atom. The molecule has 0 amide bonds. The highest BCUT2D eigenvalue weighted by atomic mass is 19.1. The van der Waals surface area contributed by atoms with E-state index < -0.39 is 17.2 Å². The summed E-state index contributed by atoms with van der Waals surface area (Å²) in [5.41, 5.74) is -0.0660. The summed E-state index contributed by atoms with van der Waals surface area (Å²) in [7, 11) is 0. The Labute approximate surface area is 230 Å². The normalized spacial score (nSPS) is 22.2. The number of aliphatic hydroxyl groups is 1. The van der Waals surface area contributed by atoms with Crippen molar-refractivity contribution in [1.29, 1.82) is 0 Å². The molecule has 0 saturated carbocycles. The third kappa shape index (κ3) is 4.14. The SMILES string of the molecule is C#Cc1c(F)ccc2cccc(-c3ncc4c(N5C[C@H]6CC[C@@H](C5)O6)nc(N5CCC(C)(O)CC5)nc4c3F)c12. The Morgan fingerprint density at radius 3 is 2.52 bits per heavy atom. The molecule has 3 saturated heterocycles. The van der Waals surface area contributed by atoms with E-state index in [1.807, 2.05) is 17.9 Å². The van der Waals surface area contributed by atoms with Gasteiger partial charge in [0.15, 0.2) is 5.82 Å². The molecule has 0 unspecified atom stereocenters. The Bertz CT molecular complexity index is 1680. The lowest BCUT2D eigenvalue weighted by Gasteiger charge is -2.37. The fraction of sp³-hybridized carbons (Fsp3) is 0.387. The summed E-state index contributed by atoms with van der Waals surface area (Å²) in [5, 5.41) is 12.1. The van der Waals surface area contributed by atoms with Gasteiger partial charge < -0.3 is 19.6 Å². The molecule has 0 aliphatic carbocycles. The molecule has 204 valence electrons. The van der Waals surface area contributed by atoms with Gasteiger partial charge in [-0.3, -0.25) is 4.98 Å². The predicted molar refractivity (Wildman–Crippen MR) is 150 cm³/mol. The molecule has 7 nitrogen and oxygen atoms in total. The molecule has 5 heterocycles. The van der Waals surface area contributed by atoms with Crippen LogP contribution in [0.1, 0.15) is 38.2 Å². The molecule has 0 spiro atoms. The number of ether oxygens (including phenoxy) is 1. The predicted octanol–water partition coefficient (Wildman–Crippen LogP) is 4.82. The number of fused-ring (bicyclic) bond motifs is 4. The molecule has 2 aromatic heterocycles. The van der Waals surface area contributed by atoms with Gasteiger partial charge in [0.1, 0.15) is 22.8 Å². The van der Waals surface area contributed by atoms with Crippen LogP contribution in [-0.2, 0) is 4.74 Å². The van der Waals surface area contributed by atoms with Gasteiger partial charge in [-0.1, -0.05) is 30.2 Å². The van der Waals surface area contributed by atoms with Gasteiger partial charge in [-0.25, -0.2) is 13.8 Å². The molecule has 7 rings (SSSR count). The van der Waals surface area contributed by atoms with Crippen LogP contribution >= 0.6 is 0 Å². The van der Waals surface area contributed by atoms with Crippen molar-refractivity contribution in [2.45, 2.75) is 50.4 Å². The maximum absolute atomic E-state index is 16.6. The Hall–Kier alpha value is -3.87. The van der Waals surface area contributed by atoms with Gasteiger partial charge in [0.05, 0.1) is 28.8 Å². The van der Waals surface area contributed by atoms with Crippen LogP contribution in [-0.4, -0.2) is 64.0 Å². The minimum Gasteiger partial charge on any atom is -0.390 e. The highest BCUT2D eigenvalue weighted by molar-refractivity contribution is 6.02. The van der Waals surface area contributed by atoms with Crippen LogP contribution in [0.15, 0.2) is 36.5 Å². The van der Waals surface area contributed by atoms with Crippen molar-refractivity contribution in [3.63, 3.8) is 0 Å². The molecule has 2 atom stereocenters. The summed E-state index contributed by atoms with van der Waals surface area (Å²) in [6.07, 6.45) is 10.6. The third-order valence-corrected chi connectivity index (χ3v) is 8.51.